The number of nitrogens with zero attached hydrogens (tertiary/aromatic N) is 2. The lowest BCUT2D eigenvalue weighted by Crippen LogP contribution is -2.44. The highest BCUT2D eigenvalue weighted by molar-refractivity contribution is 9.10. The van der Waals surface area contributed by atoms with Gasteiger partial charge in [0.05, 0.1) is 5.69 Å². The molecule has 1 N–H and O–H groups in total. The second-order valence-corrected chi connectivity index (χ2v) is 7.85. The zero-order chi connectivity index (χ0) is 16.7. The van der Waals surface area contributed by atoms with Crippen LogP contribution in [0.4, 0.5) is 5.69 Å². The molecule has 2 amide bonds. The number of halogens is 2. The van der Waals surface area contributed by atoms with Crippen LogP contribution in [-0.4, -0.2) is 48.4 Å². The van der Waals surface area contributed by atoms with Crippen LogP contribution in [0.1, 0.15) is 25.7 Å². The number of hydrogen-bond donors (Lipinski definition) is 1. The van der Waals surface area contributed by atoms with E-state index in [-0.39, 0.29) is 24.2 Å². The number of carbonyl (C=O) groups excluding carboxylic acids is 2. The SMILES string of the molecule is Cl.O=C(C1CCN(c2ccccc2Br)C1=O)N1CCC2CCC(C1)N2. The van der Waals surface area contributed by atoms with Crippen LogP contribution in [-0.2, 0) is 9.59 Å². The van der Waals surface area contributed by atoms with E-state index in [0.29, 0.717) is 25.0 Å². The number of nitrogens with one attached hydrogen (secondary N) is 1. The fourth-order valence-electron chi connectivity index (χ4n) is 4.18. The summed E-state index contributed by atoms with van der Waals surface area (Å²) < 4.78 is 0.891. The minimum atomic E-state index is -0.520. The lowest BCUT2D eigenvalue weighted by Gasteiger charge is -2.26. The van der Waals surface area contributed by atoms with Gasteiger partial charge in [-0.25, -0.2) is 0 Å². The number of fused-ring (bicyclic) bond motifs is 2. The van der Waals surface area contributed by atoms with Crippen molar-refractivity contribution in [3.05, 3.63) is 28.7 Å². The molecule has 3 aliphatic heterocycles. The van der Waals surface area contributed by atoms with Crippen LogP contribution in [0, 0.1) is 5.92 Å². The second kappa shape index (κ2) is 7.64. The van der Waals surface area contributed by atoms with E-state index >= 15 is 0 Å². The monoisotopic (exact) mass is 427 g/mol. The molecule has 7 heteroatoms. The first kappa shape index (κ1) is 18.7. The summed E-state index contributed by atoms with van der Waals surface area (Å²) in [6.07, 6.45) is 3.95. The Kier molecular flexibility index (Phi) is 5.71. The highest BCUT2D eigenvalue weighted by Gasteiger charge is 2.41. The molecule has 5 nitrogen and oxygen atoms in total. The van der Waals surface area contributed by atoms with Gasteiger partial charge in [0, 0.05) is 36.2 Å². The Morgan fingerprint density at radius 2 is 1.84 bits per heavy atom. The van der Waals surface area contributed by atoms with Gasteiger partial charge in [-0.05, 0) is 53.7 Å². The quantitative estimate of drug-likeness (QED) is 0.737. The number of carbonyl (C=O) groups is 2. The summed E-state index contributed by atoms with van der Waals surface area (Å²) in [5.74, 6) is -0.563. The van der Waals surface area contributed by atoms with E-state index in [0.717, 1.165) is 36.1 Å². The van der Waals surface area contributed by atoms with Crippen molar-refractivity contribution in [1.82, 2.24) is 10.2 Å². The molecule has 2 bridgehead atoms. The molecule has 3 aliphatic rings. The predicted octanol–water partition coefficient (Wildman–Crippen LogP) is 2.58. The molecule has 1 aromatic rings. The third-order valence-corrected chi connectivity index (χ3v) is 6.15. The molecule has 0 radical (unpaired) electrons. The van der Waals surface area contributed by atoms with Gasteiger partial charge in [0.15, 0.2) is 0 Å². The summed E-state index contributed by atoms with van der Waals surface area (Å²) in [4.78, 5) is 29.4. The van der Waals surface area contributed by atoms with Gasteiger partial charge in [0.25, 0.3) is 0 Å². The van der Waals surface area contributed by atoms with Crippen molar-refractivity contribution in [2.75, 3.05) is 24.5 Å². The van der Waals surface area contributed by atoms with E-state index in [1.165, 1.54) is 6.42 Å². The number of likely N-dealkylation sites (tertiary alicyclic amines) is 1. The molecule has 25 heavy (non-hydrogen) atoms. The first-order valence-electron chi connectivity index (χ1n) is 8.74. The van der Waals surface area contributed by atoms with Gasteiger partial charge < -0.3 is 15.1 Å². The summed E-state index contributed by atoms with van der Waals surface area (Å²) >= 11 is 3.50. The average Bonchev–Trinajstić information content (AvgIpc) is 3.10. The summed E-state index contributed by atoms with van der Waals surface area (Å²) in [6.45, 7) is 2.12. The first-order chi connectivity index (χ1) is 11.6. The van der Waals surface area contributed by atoms with Gasteiger partial charge in [0.1, 0.15) is 5.92 Å². The van der Waals surface area contributed by atoms with E-state index in [1.807, 2.05) is 29.2 Å². The van der Waals surface area contributed by atoms with Crippen LogP contribution in [0.25, 0.3) is 0 Å². The molecule has 4 rings (SSSR count). The van der Waals surface area contributed by atoms with Crippen LogP contribution in [0.5, 0.6) is 0 Å². The molecule has 3 atom stereocenters. The van der Waals surface area contributed by atoms with Crippen molar-refractivity contribution in [1.29, 1.82) is 0 Å². The predicted molar refractivity (Wildman–Crippen MR) is 103 cm³/mol. The number of hydrogen-bond acceptors (Lipinski definition) is 3. The maximum Gasteiger partial charge on any atom is 0.239 e. The summed E-state index contributed by atoms with van der Waals surface area (Å²) in [5.41, 5.74) is 0.856. The smallest absolute Gasteiger partial charge is 0.239 e. The van der Waals surface area contributed by atoms with E-state index in [4.69, 9.17) is 0 Å². The Hall–Kier alpha value is -1.11. The van der Waals surface area contributed by atoms with Crippen molar-refractivity contribution in [2.45, 2.75) is 37.8 Å². The van der Waals surface area contributed by atoms with Gasteiger partial charge >= 0.3 is 0 Å². The van der Waals surface area contributed by atoms with Crippen LogP contribution >= 0.6 is 28.3 Å². The van der Waals surface area contributed by atoms with Crippen molar-refractivity contribution in [2.24, 2.45) is 5.92 Å². The summed E-state index contributed by atoms with van der Waals surface area (Å²) in [7, 11) is 0. The second-order valence-electron chi connectivity index (χ2n) is 6.99. The Labute approximate surface area is 162 Å². The van der Waals surface area contributed by atoms with Crippen LogP contribution in [0.2, 0.25) is 0 Å². The summed E-state index contributed by atoms with van der Waals surface area (Å²) in [6, 6.07) is 8.63. The minimum absolute atomic E-state index is 0. The van der Waals surface area contributed by atoms with Gasteiger partial charge in [0.2, 0.25) is 11.8 Å². The maximum atomic E-state index is 12.9. The fourth-order valence-corrected chi connectivity index (χ4v) is 4.68. The van der Waals surface area contributed by atoms with Crippen molar-refractivity contribution in [3.8, 4) is 0 Å². The molecule has 3 fully saturated rings. The van der Waals surface area contributed by atoms with E-state index in [2.05, 4.69) is 21.2 Å². The Balaban J connectivity index is 0.00000182. The Bertz CT molecular complexity index is 671. The average molecular weight is 429 g/mol. The number of amides is 2. The molecule has 0 spiro atoms. The maximum absolute atomic E-state index is 12.9. The highest BCUT2D eigenvalue weighted by atomic mass is 79.9. The van der Waals surface area contributed by atoms with Crippen LogP contribution in [0.3, 0.4) is 0 Å². The summed E-state index contributed by atoms with van der Waals surface area (Å²) in [5, 5.41) is 3.59. The van der Waals surface area contributed by atoms with Gasteiger partial charge in [-0.15, -0.1) is 12.4 Å². The van der Waals surface area contributed by atoms with Gasteiger partial charge in [-0.1, -0.05) is 12.1 Å². The third-order valence-electron chi connectivity index (χ3n) is 5.48. The molecule has 1 aromatic carbocycles. The number of benzene rings is 1. The van der Waals surface area contributed by atoms with Gasteiger partial charge in [-0.2, -0.15) is 0 Å². The molecule has 3 heterocycles. The molecule has 0 saturated carbocycles. The lowest BCUT2D eigenvalue weighted by molar-refractivity contribution is -0.140. The molecular formula is C18H23BrClN3O2. The van der Waals surface area contributed by atoms with Crippen molar-refractivity contribution >= 4 is 45.8 Å². The zero-order valence-corrected chi connectivity index (χ0v) is 16.4. The van der Waals surface area contributed by atoms with Crippen molar-refractivity contribution in [3.63, 3.8) is 0 Å². The van der Waals surface area contributed by atoms with Gasteiger partial charge in [-0.3, -0.25) is 9.59 Å². The standard InChI is InChI=1S/C18H22BrN3O2.ClH/c19-15-3-1-2-4-16(15)22-10-8-14(18(22)24)17(23)21-9-7-12-5-6-13(11-21)20-12;/h1-4,12-14,20H,5-11H2;1H. The molecule has 0 aliphatic carbocycles. The largest absolute Gasteiger partial charge is 0.340 e. The highest BCUT2D eigenvalue weighted by Crippen LogP contribution is 2.32. The van der Waals surface area contributed by atoms with Crippen molar-refractivity contribution < 1.29 is 9.59 Å². The molecule has 3 unspecified atom stereocenters. The Morgan fingerprint density at radius 1 is 1.08 bits per heavy atom. The number of para-hydroxylation sites is 1. The van der Waals surface area contributed by atoms with E-state index in [9.17, 15) is 9.59 Å². The van der Waals surface area contributed by atoms with E-state index in [1.54, 1.807) is 4.90 Å². The Morgan fingerprint density at radius 3 is 2.64 bits per heavy atom. The molecule has 3 saturated heterocycles. The molecular weight excluding hydrogens is 406 g/mol. The minimum Gasteiger partial charge on any atom is -0.340 e. The number of rotatable bonds is 2. The third kappa shape index (κ3) is 3.57. The van der Waals surface area contributed by atoms with E-state index < -0.39 is 5.92 Å². The molecule has 136 valence electrons. The first-order valence-corrected chi connectivity index (χ1v) is 9.53. The van der Waals surface area contributed by atoms with Crippen LogP contribution < -0.4 is 10.2 Å². The normalized spacial score (nSPS) is 28.7. The lowest BCUT2D eigenvalue weighted by atomic mass is 10.0. The fraction of sp³-hybridized carbons (Fsp3) is 0.556. The topological polar surface area (TPSA) is 52.7 Å². The zero-order valence-electron chi connectivity index (χ0n) is 14.0. The van der Waals surface area contributed by atoms with Crippen LogP contribution in [0.15, 0.2) is 28.7 Å². The molecule has 0 aromatic heterocycles. The number of anilines is 1.